The zero-order valence-corrected chi connectivity index (χ0v) is 13.5. The molecule has 0 aliphatic carbocycles. The van der Waals surface area contributed by atoms with Gasteiger partial charge in [-0.25, -0.2) is 0 Å². The first-order chi connectivity index (χ1) is 9.16. The van der Waals surface area contributed by atoms with Crippen LogP contribution >= 0.6 is 15.9 Å². The SMILES string of the molecule is C[C@H](NCCN1CCN(C)CC1)c1ccccc1Br. The summed E-state index contributed by atoms with van der Waals surface area (Å²) in [6.07, 6.45) is 0. The second-order valence-corrected chi connectivity index (χ2v) is 6.20. The molecule has 1 atom stereocenters. The van der Waals surface area contributed by atoms with Crippen LogP contribution in [-0.2, 0) is 0 Å². The van der Waals surface area contributed by atoms with Gasteiger partial charge in [-0.1, -0.05) is 34.1 Å². The van der Waals surface area contributed by atoms with Gasteiger partial charge in [0.05, 0.1) is 0 Å². The Hall–Kier alpha value is -0.420. The predicted octanol–water partition coefficient (Wildman–Crippen LogP) is 2.35. The first-order valence-electron chi connectivity index (χ1n) is 7.05. The molecule has 4 heteroatoms. The van der Waals surface area contributed by atoms with E-state index in [2.05, 4.69) is 69.3 Å². The summed E-state index contributed by atoms with van der Waals surface area (Å²) in [7, 11) is 2.20. The first kappa shape index (κ1) is 15.0. The van der Waals surface area contributed by atoms with Crippen molar-refractivity contribution in [3.05, 3.63) is 34.3 Å². The van der Waals surface area contributed by atoms with E-state index in [4.69, 9.17) is 0 Å². The molecule has 1 aliphatic heterocycles. The largest absolute Gasteiger partial charge is 0.309 e. The number of hydrogen-bond donors (Lipinski definition) is 1. The Morgan fingerprint density at radius 1 is 1.21 bits per heavy atom. The highest BCUT2D eigenvalue weighted by molar-refractivity contribution is 9.10. The second kappa shape index (κ2) is 7.39. The van der Waals surface area contributed by atoms with E-state index in [1.54, 1.807) is 0 Å². The maximum absolute atomic E-state index is 3.62. The highest BCUT2D eigenvalue weighted by atomic mass is 79.9. The van der Waals surface area contributed by atoms with Crippen molar-refractivity contribution in [2.75, 3.05) is 46.3 Å². The summed E-state index contributed by atoms with van der Waals surface area (Å²) in [5, 5.41) is 3.61. The molecule has 0 spiro atoms. The Morgan fingerprint density at radius 3 is 2.58 bits per heavy atom. The Morgan fingerprint density at radius 2 is 1.89 bits per heavy atom. The second-order valence-electron chi connectivity index (χ2n) is 5.34. The summed E-state index contributed by atoms with van der Waals surface area (Å²) in [5.74, 6) is 0. The van der Waals surface area contributed by atoms with E-state index in [-0.39, 0.29) is 0 Å². The van der Waals surface area contributed by atoms with Gasteiger partial charge in [-0.15, -0.1) is 0 Å². The van der Waals surface area contributed by atoms with Gasteiger partial charge in [-0.2, -0.15) is 0 Å². The number of rotatable bonds is 5. The summed E-state index contributed by atoms with van der Waals surface area (Å²) in [4.78, 5) is 4.94. The lowest BCUT2D eigenvalue weighted by Crippen LogP contribution is -2.46. The van der Waals surface area contributed by atoms with Gasteiger partial charge in [0.25, 0.3) is 0 Å². The number of halogens is 1. The molecule has 0 radical (unpaired) electrons. The van der Waals surface area contributed by atoms with Crippen LogP contribution < -0.4 is 5.32 Å². The lowest BCUT2D eigenvalue weighted by molar-refractivity contribution is 0.154. The van der Waals surface area contributed by atoms with E-state index in [0.717, 1.165) is 13.1 Å². The van der Waals surface area contributed by atoms with Gasteiger partial charge in [0.15, 0.2) is 0 Å². The molecule has 0 saturated carbocycles. The van der Waals surface area contributed by atoms with Gasteiger partial charge in [-0.3, -0.25) is 4.90 Å². The molecular weight excluding hydrogens is 302 g/mol. The Labute approximate surface area is 125 Å². The summed E-state index contributed by atoms with van der Waals surface area (Å²) in [6.45, 7) is 9.20. The minimum atomic E-state index is 0.392. The van der Waals surface area contributed by atoms with E-state index in [1.807, 2.05) is 0 Å². The standard InChI is InChI=1S/C15H24BrN3/c1-13(14-5-3-4-6-15(14)16)17-7-8-19-11-9-18(2)10-12-19/h3-6,13,17H,7-12H2,1-2H3/t13-/m0/s1. The normalized spacial score (nSPS) is 19.5. The van der Waals surface area contributed by atoms with E-state index in [1.165, 1.54) is 36.2 Å². The Balaban J connectivity index is 1.72. The van der Waals surface area contributed by atoms with Crippen molar-refractivity contribution in [1.29, 1.82) is 0 Å². The Bertz CT molecular complexity index is 389. The fourth-order valence-corrected chi connectivity index (χ4v) is 3.08. The predicted molar refractivity (Wildman–Crippen MR) is 84.5 cm³/mol. The van der Waals surface area contributed by atoms with Gasteiger partial charge in [-0.05, 0) is 25.6 Å². The maximum Gasteiger partial charge on any atom is 0.0303 e. The van der Waals surface area contributed by atoms with Crippen LogP contribution in [0.4, 0.5) is 0 Å². The van der Waals surface area contributed by atoms with Gasteiger partial charge in [0.1, 0.15) is 0 Å². The molecule has 19 heavy (non-hydrogen) atoms. The highest BCUT2D eigenvalue weighted by Crippen LogP contribution is 2.22. The van der Waals surface area contributed by atoms with Gasteiger partial charge >= 0.3 is 0 Å². The molecule has 1 fully saturated rings. The fraction of sp³-hybridized carbons (Fsp3) is 0.600. The molecule has 0 amide bonds. The molecule has 1 aliphatic rings. The maximum atomic E-state index is 3.62. The average molecular weight is 326 g/mol. The van der Waals surface area contributed by atoms with E-state index >= 15 is 0 Å². The zero-order valence-electron chi connectivity index (χ0n) is 11.9. The van der Waals surface area contributed by atoms with Crippen LogP contribution in [0.25, 0.3) is 0 Å². The third kappa shape index (κ3) is 4.56. The van der Waals surface area contributed by atoms with Gasteiger partial charge < -0.3 is 10.2 Å². The van der Waals surface area contributed by atoms with Crippen molar-refractivity contribution in [1.82, 2.24) is 15.1 Å². The topological polar surface area (TPSA) is 18.5 Å². The zero-order chi connectivity index (χ0) is 13.7. The minimum Gasteiger partial charge on any atom is -0.309 e. The molecule has 3 nitrogen and oxygen atoms in total. The van der Waals surface area contributed by atoms with Crippen LogP contribution in [0.2, 0.25) is 0 Å². The van der Waals surface area contributed by atoms with Crippen LogP contribution in [-0.4, -0.2) is 56.1 Å². The third-order valence-electron chi connectivity index (χ3n) is 3.85. The monoisotopic (exact) mass is 325 g/mol. The van der Waals surface area contributed by atoms with Gasteiger partial charge in [0, 0.05) is 49.8 Å². The summed E-state index contributed by atoms with van der Waals surface area (Å²) in [5.41, 5.74) is 1.33. The van der Waals surface area contributed by atoms with E-state index < -0.39 is 0 Å². The van der Waals surface area contributed by atoms with Crippen molar-refractivity contribution in [2.24, 2.45) is 0 Å². The number of piperazine rings is 1. The summed E-state index contributed by atoms with van der Waals surface area (Å²) in [6, 6.07) is 8.83. The third-order valence-corrected chi connectivity index (χ3v) is 4.57. The van der Waals surface area contributed by atoms with Crippen molar-refractivity contribution in [2.45, 2.75) is 13.0 Å². The summed E-state index contributed by atoms with van der Waals surface area (Å²) < 4.78 is 1.19. The van der Waals surface area contributed by atoms with Crippen LogP contribution in [0.15, 0.2) is 28.7 Å². The lowest BCUT2D eigenvalue weighted by Gasteiger charge is -2.32. The summed E-state index contributed by atoms with van der Waals surface area (Å²) >= 11 is 3.62. The molecule has 2 rings (SSSR count). The highest BCUT2D eigenvalue weighted by Gasteiger charge is 2.14. The molecule has 0 unspecified atom stereocenters. The van der Waals surface area contributed by atoms with Crippen LogP contribution in [0, 0.1) is 0 Å². The molecule has 106 valence electrons. The molecule has 0 aromatic heterocycles. The molecule has 1 N–H and O–H groups in total. The van der Waals surface area contributed by atoms with Crippen LogP contribution in [0.3, 0.4) is 0 Å². The molecule has 0 bridgehead atoms. The molecule has 1 heterocycles. The quantitative estimate of drug-likeness (QED) is 0.896. The number of nitrogens with zero attached hydrogens (tertiary/aromatic N) is 2. The average Bonchev–Trinajstić information content (AvgIpc) is 2.41. The van der Waals surface area contributed by atoms with Crippen LogP contribution in [0.5, 0.6) is 0 Å². The molecule has 1 aromatic carbocycles. The smallest absolute Gasteiger partial charge is 0.0303 e. The number of benzene rings is 1. The van der Waals surface area contributed by atoms with Crippen LogP contribution in [0.1, 0.15) is 18.5 Å². The minimum absolute atomic E-state index is 0.392. The Kier molecular flexibility index (Phi) is 5.82. The van der Waals surface area contributed by atoms with E-state index in [0.29, 0.717) is 6.04 Å². The first-order valence-corrected chi connectivity index (χ1v) is 7.85. The van der Waals surface area contributed by atoms with Crippen molar-refractivity contribution < 1.29 is 0 Å². The van der Waals surface area contributed by atoms with Crippen molar-refractivity contribution in [3.63, 3.8) is 0 Å². The van der Waals surface area contributed by atoms with Crippen molar-refractivity contribution >= 4 is 15.9 Å². The molecule has 1 aromatic rings. The number of likely N-dealkylation sites (N-methyl/N-ethyl adjacent to an activating group) is 1. The molecule has 1 saturated heterocycles. The molecular formula is C15H24BrN3. The van der Waals surface area contributed by atoms with Gasteiger partial charge in [0.2, 0.25) is 0 Å². The fourth-order valence-electron chi connectivity index (χ4n) is 2.45. The van der Waals surface area contributed by atoms with Crippen molar-refractivity contribution in [3.8, 4) is 0 Å². The number of hydrogen-bond acceptors (Lipinski definition) is 3. The van der Waals surface area contributed by atoms with E-state index in [9.17, 15) is 0 Å². The number of nitrogens with one attached hydrogen (secondary N) is 1. The lowest BCUT2D eigenvalue weighted by atomic mass is 10.1.